The van der Waals surface area contributed by atoms with Gasteiger partial charge in [-0.15, -0.1) is 11.3 Å². The van der Waals surface area contributed by atoms with Gasteiger partial charge < -0.3 is 0 Å². The summed E-state index contributed by atoms with van der Waals surface area (Å²) < 4.78 is 0. The van der Waals surface area contributed by atoms with E-state index in [0.717, 1.165) is 34.7 Å². The third-order valence-corrected chi connectivity index (χ3v) is 4.91. The van der Waals surface area contributed by atoms with Crippen molar-refractivity contribution < 1.29 is 0 Å². The van der Waals surface area contributed by atoms with Crippen molar-refractivity contribution in [3.05, 3.63) is 45.3 Å². The van der Waals surface area contributed by atoms with Gasteiger partial charge >= 0.3 is 0 Å². The van der Waals surface area contributed by atoms with E-state index in [2.05, 4.69) is 43.5 Å². The van der Waals surface area contributed by atoms with Crippen LogP contribution in [0.25, 0.3) is 16.8 Å². The molecule has 1 aliphatic carbocycles. The Balaban J connectivity index is 2.00. The van der Waals surface area contributed by atoms with E-state index in [0.29, 0.717) is 0 Å². The first kappa shape index (κ1) is 14.0. The van der Waals surface area contributed by atoms with E-state index >= 15 is 0 Å². The van der Waals surface area contributed by atoms with Crippen molar-refractivity contribution in [1.82, 2.24) is 4.98 Å². The smallest absolute Gasteiger partial charge is 0.134 e. The number of aromatic nitrogens is 1. The van der Waals surface area contributed by atoms with Gasteiger partial charge in [0.2, 0.25) is 0 Å². The molecule has 106 valence electrons. The Hall–Kier alpha value is -1.92. The molecular formula is C18H18N2S. The van der Waals surface area contributed by atoms with Crippen molar-refractivity contribution in [1.29, 1.82) is 5.26 Å². The maximum atomic E-state index is 9.47. The molecule has 0 aliphatic heterocycles. The molecule has 1 saturated carbocycles. The maximum Gasteiger partial charge on any atom is 0.134 e. The van der Waals surface area contributed by atoms with E-state index in [1.54, 1.807) is 11.3 Å². The lowest BCUT2D eigenvalue weighted by molar-refractivity contribution is 0.886. The monoisotopic (exact) mass is 294 g/mol. The molecule has 0 unspecified atom stereocenters. The second-order valence-corrected chi connectivity index (χ2v) is 6.51. The van der Waals surface area contributed by atoms with Gasteiger partial charge in [-0.3, -0.25) is 0 Å². The Kier molecular flexibility index (Phi) is 3.90. The lowest BCUT2D eigenvalue weighted by Crippen LogP contribution is -1.88. The van der Waals surface area contributed by atoms with Crippen LogP contribution in [0.3, 0.4) is 0 Å². The molecule has 1 fully saturated rings. The first-order valence-electron chi connectivity index (χ1n) is 7.34. The van der Waals surface area contributed by atoms with Crippen LogP contribution < -0.4 is 0 Å². The fourth-order valence-corrected chi connectivity index (χ4v) is 3.80. The summed E-state index contributed by atoms with van der Waals surface area (Å²) in [5.41, 5.74) is 6.75. The minimum Gasteiger partial charge on any atom is -0.235 e. The minimum atomic E-state index is 0.813. The van der Waals surface area contributed by atoms with Crippen LogP contribution in [0.4, 0.5) is 0 Å². The van der Waals surface area contributed by atoms with Gasteiger partial charge in [0.15, 0.2) is 0 Å². The van der Waals surface area contributed by atoms with Gasteiger partial charge in [0.05, 0.1) is 11.3 Å². The van der Waals surface area contributed by atoms with Crippen LogP contribution in [0.2, 0.25) is 0 Å². The molecule has 1 aromatic carbocycles. The number of nitriles is 1. The molecule has 3 rings (SSSR count). The van der Waals surface area contributed by atoms with E-state index in [-0.39, 0.29) is 0 Å². The summed E-state index contributed by atoms with van der Waals surface area (Å²) in [6, 6.07) is 8.79. The van der Waals surface area contributed by atoms with Gasteiger partial charge in [-0.2, -0.15) is 5.26 Å². The highest BCUT2D eigenvalue weighted by Gasteiger charge is 2.17. The molecule has 21 heavy (non-hydrogen) atoms. The summed E-state index contributed by atoms with van der Waals surface area (Å²) in [5, 5.41) is 12.4. The summed E-state index contributed by atoms with van der Waals surface area (Å²) in [6.45, 7) is 4.21. The van der Waals surface area contributed by atoms with E-state index in [9.17, 15) is 5.26 Å². The number of hydrogen-bond acceptors (Lipinski definition) is 3. The van der Waals surface area contributed by atoms with Crippen molar-refractivity contribution in [3.63, 3.8) is 0 Å². The first-order chi connectivity index (χ1) is 10.2. The topological polar surface area (TPSA) is 36.7 Å². The molecule has 1 aliphatic rings. The van der Waals surface area contributed by atoms with Crippen LogP contribution in [-0.4, -0.2) is 4.98 Å². The molecule has 0 saturated heterocycles. The van der Waals surface area contributed by atoms with Crippen molar-refractivity contribution in [2.24, 2.45) is 0 Å². The lowest BCUT2D eigenvalue weighted by Gasteiger charge is -2.03. The number of allylic oxidation sites excluding steroid dienone is 2. The van der Waals surface area contributed by atoms with E-state index < -0.39 is 0 Å². The molecule has 0 N–H and O–H groups in total. The summed E-state index contributed by atoms with van der Waals surface area (Å²) in [6.07, 6.45) is 4.52. The highest BCUT2D eigenvalue weighted by Crippen LogP contribution is 2.34. The largest absolute Gasteiger partial charge is 0.235 e. The maximum absolute atomic E-state index is 9.47. The van der Waals surface area contributed by atoms with Gasteiger partial charge in [-0.1, -0.05) is 23.8 Å². The fraction of sp³-hybridized carbons (Fsp3) is 0.333. The molecule has 0 atom stereocenters. The molecule has 1 heterocycles. The molecule has 0 spiro atoms. The molecular weight excluding hydrogens is 276 g/mol. The SMILES string of the molecule is Cc1ccc(-c2csc(C(C#N)=C3CCCC3)n2)c(C)c1. The highest BCUT2D eigenvalue weighted by atomic mass is 32.1. The molecule has 2 aromatic rings. The van der Waals surface area contributed by atoms with Gasteiger partial charge in [0, 0.05) is 10.9 Å². The Morgan fingerprint density at radius 3 is 2.67 bits per heavy atom. The fourth-order valence-electron chi connectivity index (χ4n) is 2.94. The summed E-state index contributed by atoms with van der Waals surface area (Å²) >= 11 is 1.59. The zero-order chi connectivity index (χ0) is 14.8. The van der Waals surface area contributed by atoms with Crippen LogP contribution in [0.15, 0.2) is 29.2 Å². The van der Waals surface area contributed by atoms with Gasteiger partial charge in [-0.25, -0.2) is 4.98 Å². The van der Waals surface area contributed by atoms with Crippen molar-refractivity contribution in [3.8, 4) is 17.3 Å². The van der Waals surface area contributed by atoms with Gasteiger partial charge in [0.25, 0.3) is 0 Å². The minimum absolute atomic E-state index is 0.813. The Morgan fingerprint density at radius 2 is 2.00 bits per heavy atom. The van der Waals surface area contributed by atoms with Crippen molar-refractivity contribution >= 4 is 16.9 Å². The molecule has 0 amide bonds. The standard InChI is InChI=1S/C18H18N2S/c1-12-7-8-15(13(2)9-12)17-11-21-18(20-17)16(10-19)14-5-3-4-6-14/h7-9,11H,3-6H2,1-2H3. The lowest BCUT2D eigenvalue weighted by atomic mass is 10.0. The number of thiazole rings is 1. The summed E-state index contributed by atoms with van der Waals surface area (Å²) in [4.78, 5) is 4.72. The van der Waals surface area contributed by atoms with E-state index in [1.165, 1.54) is 29.5 Å². The third kappa shape index (κ3) is 2.77. The molecule has 1 aromatic heterocycles. The van der Waals surface area contributed by atoms with Crippen LogP contribution in [0.5, 0.6) is 0 Å². The quantitative estimate of drug-likeness (QED) is 0.707. The van der Waals surface area contributed by atoms with Gasteiger partial charge in [-0.05, 0) is 50.7 Å². The number of aryl methyl sites for hydroxylation is 2. The predicted octanol–water partition coefficient (Wildman–Crippen LogP) is 5.28. The first-order valence-corrected chi connectivity index (χ1v) is 8.22. The van der Waals surface area contributed by atoms with Crippen LogP contribution in [0.1, 0.15) is 41.8 Å². The normalized spacial score (nSPS) is 14.2. The zero-order valence-corrected chi connectivity index (χ0v) is 13.3. The zero-order valence-electron chi connectivity index (χ0n) is 12.4. The molecule has 2 nitrogen and oxygen atoms in total. The third-order valence-electron chi connectivity index (χ3n) is 4.05. The number of rotatable bonds is 2. The van der Waals surface area contributed by atoms with Crippen LogP contribution in [0, 0.1) is 25.2 Å². The Morgan fingerprint density at radius 1 is 1.24 bits per heavy atom. The summed E-state index contributed by atoms with van der Waals surface area (Å²) in [7, 11) is 0. The average molecular weight is 294 g/mol. The van der Waals surface area contributed by atoms with Crippen LogP contribution >= 0.6 is 11.3 Å². The molecule has 0 radical (unpaired) electrons. The number of hydrogen-bond donors (Lipinski definition) is 0. The highest BCUT2D eigenvalue weighted by molar-refractivity contribution is 7.11. The Bertz CT molecular complexity index is 739. The number of benzene rings is 1. The number of nitrogens with zero attached hydrogens (tertiary/aromatic N) is 2. The van der Waals surface area contributed by atoms with E-state index in [4.69, 9.17) is 4.98 Å². The second-order valence-electron chi connectivity index (χ2n) is 5.65. The van der Waals surface area contributed by atoms with Gasteiger partial charge in [0.1, 0.15) is 11.1 Å². The van der Waals surface area contributed by atoms with Crippen molar-refractivity contribution in [2.75, 3.05) is 0 Å². The van der Waals surface area contributed by atoms with Crippen LogP contribution in [-0.2, 0) is 0 Å². The second kappa shape index (κ2) is 5.83. The van der Waals surface area contributed by atoms with Crippen molar-refractivity contribution in [2.45, 2.75) is 39.5 Å². The summed E-state index contributed by atoms with van der Waals surface area (Å²) in [5.74, 6) is 0. The Labute approximate surface area is 129 Å². The van der Waals surface area contributed by atoms with E-state index in [1.807, 2.05) is 0 Å². The molecule has 0 bridgehead atoms. The predicted molar refractivity (Wildman–Crippen MR) is 88.0 cm³/mol. The average Bonchev–Trinajstić information content (AvgIpc) is 3.12. The molecule has 3 heteroatoms.